The third-order valence-electron chi connectivity index (χ3n) is 15.0. The van der Waals surface area contributed by atoms with E-state index in [-0.39, 0.29) is 78.6 Å². The molecule has 336 valence electrons. The van der Waals surface area contributed by atoms with E-state index in [0.29, 0.717) is 43.7 Å². The Bertz CT molecular complexity index is 1610. The van der Waals surface area contributed by atoms with Crippen molar-refractivity contribution in [1.82, 2.24) is 4.90 Å². The van der Waals surface area contributed by atoms with Crippen molar-refractivity contribution in [3.63, 3.8) is 0 Å². The number of Topliss-reactive ketones (excluding diaryl/α,β-unsaturated/α-hetero) is 1. The minimum absolute atomic E-state index is 0.00629. The highest BCUT2D eigenvalue weighted by Crippen LogP contribution is 2.57. The molecule has 3 saturated heterocycles. The van der Waals surface area contributed by atoms with Crippen molar-refractivity contribution in [3.05, 3.63) is 42.0 Å². The van der Waals surface area contributed by atoms with E-state index in [1.54, 1.807) is 21.3 Å². The molecule has 0 radical (unpaired) electrons. The maximum absolute atomic E-state index is 15.1. The Morgan fingerprint density at radius 3 is 2.23 bits per heavy atom. The zero-order chi connectivity index (χ0) is 42.8. The van der Waals surface area contributed by atoms with Gasteiger partial charge in [-0.15, -0.1) is 0 Å². The summed E-state index contributed by atoms with van der Waals surface area (Å²) in [5, 5.41) is 16.4. The number of aliphatic hydroxyl groups excluding tert-OH is 1. The van der Waals surface area contributed by atoms with Gasteiger partial charge in [0.25, 0.3) is 0 Å². The van der Waals surface area contributed by atoms with Gasteiger partial charge in [0.05, 0.1) is 43.0 Å². The van der Waals surface area contributed by atoms with E-state index < -0.39 is 48.6 Å². The number of methoxy groups -OCH3 is 3. The highest BCUT2D eigenvalue weighted by Gasteiger charge is 2.60. The van der Waals surface area contributed by atoms with Crippen molar-refractivity contribution >= 4 is 17.4 Å². The van der Waals surface area contributed by atoms with Crippen molar-refractivity contribution in [2.75, 3.05) is 40.7 Å². The second kappa shape index (κ2) is 19.9. The lowest BCUT2D eigenvalue weighted by atomic mass is 9.62. The Labute approximate surface area is 357 Å². The summed E-state index contributed by atoms with van der Waals surface area (Å²) in [4.78, 5) is 31.2. The molecule has 0 aromatic heterocycles. The van der Waals surface area contributed by atoms with Crippen LogP contribution in [-0.2, 0) is 47.5 Å². The average molecular weight is 841 g/mol. The molecule has 0 spiro atoms. The normalized spacial score (nSPS) is 43.9. The smallest absolute Gasteiger partial charge is 0.306 e. The molecule has 7 rings (SSSR count). The van der Waals surface area contributed by atoms with Crippen molar-refractivity contribution in [2.45, 2.75) is 165 Å². The number of aliphatic hydroxyl groups is 1. The Balaban J connectivity index is 1.20. The molecule has 0 bridgehead atoms. The number of nitrogens with zero attached hydrogens (tertiary/aromatic N) is 1. The first-order valence-corrected chi connectivity index (χ1v) is 22.7. The minimum Gasteiger partial charge on any atom is -0.462 e. The summed E-state index contributed by atoms with van der Waals surface area (Å²) in [7, 11) is 9.07. The molecule has 2 saturated carbocycles. The topological polar surface area (TPSA) is 143 Å². The van der Waals surface area contributed by atoms with Gasteiger partial charge in [0.2, 0.25) is 0 Å². The molecule has 5 fully saturated rings. The minimum atomic E-state index is -0.869. The van der Waals surface area contributed by atoms with Gasteiger partial charge in [-0.05, 0) is 115 Å². The number of carbonyl (C=O) groups excluding carboxylic acids is 2. The Morgan fingerprint density at radius 1 is 0.850 bits per heavy atom. The molecule has 6 aliphatic rings. The first-order valence-electron chi connectivity index (χ1n) is 22.7. The van der Waals surface area contributed by atoms with Crippen LogP contribution in [0.1, 0.15) is 85.5 Å². The van der Waals surface area contributed by atoms with E-state index in [0.717, 1.165) is 24.9 Å². The zero-order valence-electron chi connectivity index (χ0n) is 37.3. The van der Waals surface area contributed by atoms with Crippen molar-refractivity contribution < 1.29 is 52.6 Å². The fourth-order valence-electron chi connectivity index (χ4n) is 11.9. The van der Waals surface area contributed by atoms with E-state index in [9.17, 15) is 9.90 Å². The van der Waals surface area contributed by atoms with E-state index in [1.807, 2.05) is 51.1 Å². The van der Waals surface area contributed by atoms with Crippen LogP contribution in [0.2, 0.25) is 0 Å². The number of fused-ring (bicyclic) bond motifs is 5. The molecule has 2 N–H and O–H groups in total. The number of benzene rings is 1. The van der Waals surface area contributed by atoms with Crippen LogP contribution in [0.4, 0.5) is 5.69 Å². The quantitative estimate of drug-likeness (QED) is 0.261. The van der Waals surface area contributed by atoms with Gasteiger partial charge < -0.3 is 53.2 Å². The van der Waals surface area contributed by atoms with E-state index in [4.69, 9.17) is 37.9 Å². The number of allylic oxidation sites excluding steroid dienone is 2. The number of carbonyl (C=O) groups is 2. The molecule has 19 atom stereocenters. The average Bonchev–Trinajstić information content (AvgIpc) is 3.82. The number of ketones is 1. The molecule has 3 unspecified atom stereocenters. The summed E-state index contributed by atoms with van der Waals surface area (Å²) in [6.45, 7) is 8.06. The van der Waals surface area contributed by atoms with Crippen LogP contribution >= 0.6 is 0 Å². The fraction of sp³-hybridized carbons (Fsp3) is 0.787. The van der Waals surface area contributed by atoms with Crippen LogP contribution in [0.25, 0.3) is 0 Å². The molecule has 60 heavy (non-hydrogen) atoms. The van der Waals surface area contributed by atoms with Gasteiger partial charge in [-0.25, -0.2) is 0 Å². The number of anilines is 1. The van der Waals surface area contributed by atoms with E-state index in [2.05, 4.69) is 37.3 Å². The molecule has 0 amide bonds. The summed E-state index contributed by atoms with van der Waals surface area (Å²) < 4.78 is 50.2. The molecular weight excluding hydrogens is 769 g/mol. The lowest BCUT2D eigenvalue weighted by molar-refractivity contribution is -0.314. The monoisotopic (exact) mass is 841 g/mol. The lowest BCUT2D eigenvalue weighted by Crippen LogP contribution is -2.59. The van der Waals surface area contributed by atoms with Crippen LogP contribution in [0.5, 0.6) is 0 Å². The Kier molecular flexibility index (Phi) is 15.1. The second-order valence-corrected chi connectivity index (χ2v) is 18.6. The number of para-hydroxylation sites is 1. The number of nitrogens with one attached hydrogen (secondary N) is 1. The van der Waals surface area contributed by atoms with Gasteiger partial charge >= 0.3 is 5.97 Å². The van der Waals surface area contributed by atoms with Gasteiger partial charge in [0, 0.05) is 50.8 Å². The number of hydrogen-bond donors (Lipinski definition) is 2. The molecule has 3 aliphatic carbocycles. The Morgan fingerprint density at radius 2 is 1.57 bits per heavy atom. The summed E-state index contributed by atoms with van der Waals surface area (Å²) in [5.41, 5.74) is 1.51. The number of likely N-dealkylation sites (N-methyl/N-ethyl adjacent to an activating group) is 1. The first-order chi connectivity index (χ1) is 28.9. The van der Waals surface area contributed by atoms with Gasteiger partial charge in [0.15, 0.2) is 18.4 Å². The largest absolute Gasteiger partial charge is 0.462 e. The van der Waals surface area contributed by atoms with Crippen molar-refractivity contribution in [2.24, 2.45) is 35.5 Å². The molecule has 13 heteroatoms. The molecule has 1 aromatic carbocycles. The van der Waals surface area contributed by atoms with Gasteiger partial charge in [-0.1, -0.05) is 38.1 Å². The van der Waals surface area contributed by atoms with Gasteiger partial charge in [-0.2, -0.15) is 0 Å². The number of hydrogen-bond acceptors (Lipinski definition) is 13. The van der Waals surface area contributed by atoms with Crippen LogP contribution < -0.4 is 5.32 Å². The van der Waals surface area contributed by atoms with E-state index in [1.165, 1.54) is 0 Å². The van der Waals surface area contributed by atoms with Crippen LogP contribution in [0.3, 0.4) is 0 Å². The van der Waals surface area contributed by atoms with Crippen LogP contribution in [0, 0.1) is 35.5 Å². The molecule has 3 heterocycles. The predicted molar refractivity (Wildman–Crippen MR) is 225 cm³/mol. The maximum Gasteiger partial charge on any atom is 0.306 e. The first kappa shape index (κ1) is 45.6. The SMILES string of the molecule is CC[C@H]1CCC[C@H](O[C@H]2CC[C@H](N(C)C)C(C)O2)[C@@H](C)C(=O)C2=C[C@H]3[C@@H]4C[C@H](O[C@@H]5OC(C)[C@H](OC)C(OC)[C@@H]5OC)C[C@H]4[C@@H](Nc4ccccc4)[C@H](O)[C@H]3[C@@H]2CC(=O)O1. The van der Waals surface area contributed by atoms with Crippen LogP contribution in [0.15, 0.2) is 42.0 Å². The number of esters is 1. The van der Waals surface area contributed by atoms with Gasteiger partial charge in [-0.3, -0.25) is 9.59 Å². The van der Waals surface area contributed by atoms with Gasteiger partial charge in [0.1, 0.15) is 24.4 Å². The summed E-state index contributed by atoms with van der Waals surface area (Å²) in [6, 6.07) is 9.87. The summed E-state index contributed by atoms with van der Waals surface area (Å²) >= 11 is 0. The van der Waals surface area contributed by atoms with Crippen molar-refractivity contribution in [1.29, 1.82) is 0 Å². The zero-order valence-corrected chi connectivity index (χ0v) is 37.3. The third kappa shape index (κ3) is 9.40. The predicted octanol–water partition coefficient (Wildman–Crippen LogP) is 5.77. The Hall–Kier alpha value is -2.46. The van der Waals surface area contributed by atoms with E-state index >= 15 is 4.79 Å². The summed E-state index contributed by atoms with van der Waals surface area (Å²) in [6.07, 6.45) is 3.59. The number of rotatable bonds is 11. The molecular formula is C47H72N2O11. The maximum atomic E-state index is 15.1. The lowest BCUT2D eigenvalue weighted by Gasteiger charge is -2.47. The third-order valence-corrected chi connectivity index (χ3v) is 15.0. The van der Waals surface area contributed by atoms with Crippen molar-refractivity contribution in [3.8, 4) is 0 Å². The molecule has 1 aromatic rings. The standard InChI is InChI=1S/C47H72N2O11/c1-10-29-17-14-18-37(60-39-20-19-36(49(5)6)26(3)56-39)25(2)42(51)35-23-32-31-21-30(59-47-46(55-9)45(54-8)44(53-7)27(4)57-47)22-34(31)41(48-28-15-12-11-13-16-28)43(52)40(32)33(35)24-38(50)58-29/h11-13,15-16,23,25-27,29-34,36-37,39-41,43-48,52H,10,14,17-22,24H2,1-9H3/t25-,26?,27?,29+,30+,31+,32+,33-,34-,36+,37+,39+,40-,41-,43-,44+,45?,46+,47+/m1/s1. The number of cyclic esters (lactones) is 1. The second-order valence-electron chi connectivity index (χ2n) is 18.6. The highest BCUT2D eigenvalue weighted by molar-refractivity contribution is 5.99. The molecule has 13 nitrogen and oxygen atoms in total. The number of ether oxygens (including phenoxy) is 8. The summed E-state index contributed by atoms with van der Waals surface area (Å²) in [5.74, 6) is -1.87. The fourth-order valence-corrected chi connectivity index (χ4v) is 11.9. The molecule has 3 aliphatic heterocycles. The van der Waals surface area contributed by atoms with Crippen LogP contribution in [-0.4, -0.2) is 137 Å². The highest BCUT2D eigenvalue weighted by atomic mass is 16.7.